The molecule has 2 heterocycles. The number of aliphatic hydroxyl groups is 1. The molecule has 0 radical (unpaired) electrons. The number of aliphatic hydroxyl groups excluding tert-OH is 1. The lowest BCUT2D eigenvalue weighted by molar-refractivity contribution is 0.0525. The zero-order valence-electron chi connectivity index (χ0n) is 18.0. The molecule has 0 spiro atoms. The summed E-state index contributed by atoms with van der Waals surface area (Å²) in [4.78, 5) is 22.0. The molecule has 6 nitrogen and oxygen atoms in total. The van der Waals surface area contributed by atoms with E-state index in [1.807, 2.05) is 49.4 Å². The SMILES string of the molecule is CCOC(=O)c1c(C)nc2c(c1-c1ccccn1)C(O)CC(c1ccc(OC)cc1)C2. The van der Waals surface area contributed by atoms with E-state index in [1.165, 1.54) is 0 Å². The highest BCUT2D eigenvalue weighted by Crippen LogP contribution is 2.44. The van der Waals surface area contributed by atoms with Crippen molar-refractivity contribution in [3.63, 3.8) is 0 Å². The number of nitrogens with zero attached hydrogens (tertiary/aromatic N) is 2. The Kier molecular flexibility index (Phi) is 6.00. The number of benzene rings is 1. The van der Waals surface area contributed by atoms with Gasteiger partial charge in [0.1, 0.15) is 5.75 Å². The van der Waals surface area contributed by atoms with Crippen molar-refractivity contribution in [1.82, 2.24) is 9.97 Å². The van der Waals surface area contributed by atoms with Crippen molar-refractivity contribution in [2.24, 2.45) is 0 Å². The van der Waals surface area contributed by atoms with Gasteiger partial charge in [-0.05, 0) is 62.4 Å². The van der Waals surface area contributed by atoms with Gasteiger partial charge in [0.15, 0.2) is 0 Å². The highest BCUT2D eigenvalue weighted by Gasteiger charge is 2.34. The number of carbonyl (C=O) groups excluding carboxylic acids is 1. The van der Waals surface area contributed by atoms with Gasteiger partial charge in [0.25, 0.3) is 0 Å². The number of hydrogen-bond acceptors (Lipinski definition) is 6. The first-order chi connectivity index (χ1) is 15.0. The largest absolute Gasteiger partial charge is 0.497 e. The molecule has 6 heteroatoms. The lowest BCUT2D eigenvalue weighted by Gasteiger charge is -2.31. The van der Waals surface area contributed by atoms with Gasteiger partial charge in [-0.2, -0.15) is 0 Å². The van der Waals surface area contributed by atoms with E-state index in [2.05, 4.69) is 4.98 Å². The summed E-state index contributed by atoms with van der Waals surface area (Å²) in [7, 11) is 1.64. The third-order valence-corrected chi connectivity index (χ3v) is 5.76. The van der Waals surface area contributed by atoms with Crippen LogP contribution in [0.15, 0.2) is 48.7 Å². The van der Waals surface area contributed by atoms with E-state index < -0.39 is 12.1 Å². The summed E-state index contributed by atoms with van der Waals surface area (Å²) in [6.07, 6.45) is 2.12. The number of aryl methyl sites for hydroxylation is 1. The lowest BCUT2D eigenvalue weighted by atomic mass is 9.77. The molecule has 3 aromatic rings. The normalized spacial score (nSPS) is 17.7. The summed E-state index contributed by atoms with van der Waals surface area (Å²) >= 11 is 0. The van der Waals surface area contributed by atoms with Crippen molar-refractivity contribution >= 4 is 5.97 Å². The summed E-state index contributed by atoms with van der Waals surface area (Å²) in [5, 5.41) is 11.2. The van der Waals surface area contributed by atoms with Crippen molar-refractivity contribution in [3.05, 3.63) is 76.7 Å². The van der Waals surface area contributed by atoms with Gasteiger partial charge in [-0.3, -0.25) is 9.97 Å². The Labute approximate surface area is 181 Å². The summed E-state index contributed by atoms with van der Waals surface area (Å²) in [6.45, 7) is 3.84. The molecule has 0 saturated heterocycles. The molecule has 0 amide bonds. The first-order valence-corrected chi connectivity index (χ1v) is 10.5. The van der Waals surface area contributed by atoms with Crippen molar-refractivity contribution in [2.45, 2.75) is 38.7 Å². The fraction of sp³-hybridized carbons (Fsp3) is 0.320. The van der Waals surface area contributed by atoms with Gasteiger partial charge in [0.2, 0.25) is 0 Å². The average molecular weight is 418 g/mol. The number of carbonyl (C=O) groups is 1. The Morgan fingerprint density at radius 3 is 2.61 bits per heavy atom. The summed E-state index contributed by atoms with van der Waals surface area (Å²) in [6, 6.07) is 13.5. The summed E-state index contributed by atoms with van der Waals surface area (Å²) in [5.41, 5.74) is 4.82. The maximum Gasteiger partial charge on any atom is 0.340 e. The van der Waals surface area contributed by atoms with E-state index >= 15 is 0 Å². The number of fused-ring (bicyclic) bond motifs is 1. The molecule has 2 aromatic heterocycles. The Balaban J connectivity index is 1.84. The molecular weight excluding hydrogens is 392 g/mol. The predicted molar refractivity (Wildman–Crippen MR) is 117 cm³/mol. The topological polar surface area (TPSA) is 81.5 Å². The van der Waals surface area contributed by atoms with Crippen molar-refractivity contribution in [2.75, 3.05) is 13.7 Å². The van der Waals surface area contributed by atoms with Crippen LogP contribution in [-0.4, -0.2) is 34.8 Å². The van der Waals surface area contributed by atoms with E-state index in [1.54, 1.807) is 20.2 Å². The minimum Gasteiger partial charge on any atom is -0.497 e. The van der Waals surface area contributed by atoms with Crippen molar-refractivity contribution < 1.29 is 19.4 Å². The molecule has 2 unspecified atom stereocenters. The van der Waals surface area contributed by atoms with Gasteiger partial charge >= 0.3 is 5.97 Å². The van der Waals surface area contributed by atoms with Crippen LogP contribution in [0.5, 0.6) is 5.75 Å². The fourth-order valence-corrected chi connectivity index (χ4v) is 4.36. The molecule has 0 fully saturated rings. The molecular formula is C25H26N2O4. The van der Waals surface area contributed by atoms with Crippen molar-refractivity contribution in [1.29, 1.82) is 0 Å². The second-order valence-corrected chi connectivity index (χ2v) is 7.67. The third-order valence-electron chi connectivity index (χ3n) is 5.76. The molecule has 2 atom stereocenters. The zero-order valence-corrected chi connectivity index (χ0v) is 18.0. The van der Waals surface area contributed by atoms with Crippen LogP contribution < -0.4 is 4.74 Å². The maximum absolute atomic E-state index is 12.8. The van der Waals surface area contributed by atoms with Crippen molar-refractivity contribution in [3.8, 4) is 17.0 Å². The Hall–Kier alpha value is -3.25. The molecule has 1 N–H and O–H groups in total. The van der Waals surface area contributed by atoms with E-state index in [0.717, 1.165) is 17.0 Å². The molecule has 4 rings (SSSR count). The lowest BCUT2D eigenvalue weighted by Crippen LogP contribution is -2.23. The molecule has 0 bridgehead atoms. The molecule has 160 valence electrons. The summed E-state index contributed by atoms with van der Waals surface area (Å²) in [5.74, 6) is 0.469. The Morgan fingerprint density at radius 1 is 1.19 bits per heavy atom. The number of rotatable bonds is 5. The van der Waals surface area contributed by atoms with Gasteiger partial charge in [-0.15, -0.1) is 0 Å². The molecule has 0 aliphatic heterocycles. The average Bonchev–Trinajstić information content (AvgIpc) is 2.78. The van der Waals surface area contributed by atoms with E-state index in [9.17, 15) is 9.90 Å². The quantitative estimate of drug-likeness (QED) is 0.619. The van der Waals surface area contributed by atoms with Crippen LogP contribution in [0.1, 0.15) is 58.2 Å². The number of hydrogen-bond donors (Lipinski definition) is 1. The van der Waals surface area contributed by atoms with Crippen LogP contribution in [0.2, 0.25) is 0 Å². The maximum atomic E-state index is 12.8. The molecule has 1 aliphatic rings. The van der Waals surface area contributed by atoms with Gasteiger partial charge in [0.05, 0.1) is 36.8 Å². The van der Waals surface area contributed by atoms with Gasteiger partial charge in [0, 0.05) is 23.0 Å². The van der Waals surface area contributed by atoms with Crippen LogP contribution in [-0.2, 0) is 11.2 Å². The predicted octanol–water partition coefficient (Wildman–Crippen LogP) is 4.40. The van der Waals surface area contributed by atoms with Crippen LogP contribution in [0, 0.1) is 6.92 Å². The monoisotopic (exact) mass is 418 g/mol. The minimum absolute atomic E-state index is 0.116. The Bertz CT molecular complexity index is 1080. The highest BCUT2D eigenvalue weighted by molar-refractivity contribution is 5.99. The number of ether oxygens (including phenoxy) is 2. The number of esters is 1. The van der Waals surface area contributed by atoms with Crippen LogP contribution in [0.25, 0.3) is 11.3 Å². The van der Waals surface area contributed by atoms with E-state index in [0.29, 0.717) is 40.9 Å². The van der Waals surface area contributed by atoms with Crippen LogP contribution >= 0.6 is 0 Å². The highest BCUT2D eigenvalue weighted by atomic mass is 16.5. The molecule has 1 aliphatic carbocycles. The number of methoxy groups -OCH3 is 1. The Morgan fingerprint density at radius 2 is 1.97 bits per heavy atom. The van der Waals surface area contributed by atoms with Gasteiger partial charge < -0.3 is 14.6 Å². The van der Waals surface area contributed by atoms with Gasteiger partial charge in [-0.1, -0.05) is 18.2 Å². The smallest absolute Gasteiger partial charge is 0.340 e. The molecule has 1 aromatic carbocycles. The standard InChI is InChI=1S/C25H26N2O4/c1-4-31-25(29)22-15(2)27-20-13-17(16-8-10-18(30-3)11-9-16)14-21(28)23(20)24(22)19-7-5-6-12-26-19/h5-12,17,21,28H,4,13-14H2,1-3H3. The third kappa shape index (κ3) is 4.03. The first kappa shape index (κ1) is 21.0. The molecule has 0 saturated carbocycles. The molecule has 31 heavy (non-hydrogen) atoms. The fourth-order valence-electron chi connectivity index (χ4n) is 4.36. The summed E-state index contributed by atoms with van der Waals surface area (Å²) < 4.78 is 10.6. The number of pyridine rings is 2. The van der Waals surface area contributed by atoms with E-state index in [4.69, 9.17) is 14.5 Å². The second-order valence-electron chi connectivity index (χ2n) is 7.67. The minimum atomic E-state index is -0.769. The van der Waals surface area contributed by atoms with Crippen LogP contribution in [0.3, 0.4) is 0 Å². The zero-order chi connectivity index (χ0) is 22.0. The number of aromatic nitrogens is 2. The first-order valence-electron chi connectivity index (χ1n) is 10.5. The van der Waals surface area contributed by atoms with E-state index in [-0.39, 0.29) is 12.5 Å². The second kappa shape index (κ2) is 8.86. The van der Waals surface area contributed by atoms with Gasteiger partial charge in [-0.25, -0.2) is 4.79 Å². The van der Waals surface area contributed by atoms with Crippen LogP contribution in [0.4, 0.5) is 0 Å².